The molecular formula is C9H5N2OY-. The third kappa shape index (κ3) is 3.20. The van der Waals surface area contributed by atoms with Crippen LogP contribution < -0.4 is 0 Å². The van der Waals surface area contributed by atoms with Crippen LogP contribution in [0.4, 0.5) is 11.4 Å². The summed E-state index contributed by atoms with van der Waals surface area (Å²) in [7, 11) is 0. The molecule has 0 aliphatic carbocycles. The van der Waals surface area contributed by atoms with Gasteiger partial charge in [-0.1, -0.05) is 18.6 Å². The molecule has 1 rings (SSSR count). The van der Waals surface area contributed by atoms with Crippen LogP contribution in [-0.4, -0.2) is 6.08 Å². The van der Waals surface area contributed by atoms with E-state index in [2.05, 4.69) is 15.9 Å². The van der Waals surface area contributed by atoms with Gasteiger partial charge in [-0.2, -0.15) is 4.99 Å². The first-order chi connectivity index (χ1) is 5.77. The average molecular weight is 246 g/mol. The van der Waals surface area contributed by atoms with E-state index in [4.69, 9.17) is 6.57 Å². The molecule has 3 nitrogen and oxygen atoms in total. The van der Waals surface area contributed by atoms with Crippen LogP contribution >= 0.6 is 0 Å². The van der Waals surface area contributed by atoms with Crippen molar-refractivity contribution in [3.05, 3.63) is 35.2 Å². The Labute approximate surface area is 102 Å². The first kappa shape index (κ1) is 12.2. The number of benzene rings is 1. The van der Waals surface area contributed by atoms with Crippen molar-refractivity contribution in [1.82, 2.24) is 0 Å². The van der Waals surface area contributed by atoms with Gasteiger partial charge in [0.1, 0.15) is 6.57 Å². The van der Waals surface area contributed by atoms with Crippen LogP contribution in [0.15, 0.2) is 17.1 Å². The van der Waals surface area contributed by atoms with Gasteiger partial charge in [-0.3, -0.25) is 0 Å². The van der Waals surface area contributed by atoms with Crippen molar-refractivity contribution in [2.45, 2.75) is 6.92 Å². The van der Waals surface area contributed by atoms with Crippen molar-refractivity contribution >= 4 is 17.5 Å². The Bertz CT molecular complexity index is 389. The molecule has 13 heavy (non-hydrogen) atoms. The summed E-state index contributed by atoms with van der Waals surface area (Å²) in [6.45, 7) is 8.50. The molecule has 1 aromatic rings. The Morgan fingerprint density at radius 2 is 2.31 bits per heavy atom. The molecule has 0 bridgehead atoms. The van der Waals surface area contributed by atoms with Crippen LogP contribution in [0, 0.1) is 19.6 Å². The van der Waals surface area contributed by atoms with Gasteiger partial charge in [-0.05, 0) is 5.69 Å². The molecule has 0 aromatic heterocycles. The number of hydrogen-bond donors (Lipinski definition) is 0. The number of carbonyl (C=O) groups excluding carboxylic acids is 1. The summed E-state index contributed by atoms with van der Waals surface area (Å²) in [6.07, 6.45) is 1.41. The molecule has 0 aliphatic rings. The summed E-state index contributed by atoms with van der Waals surface area (Å²) >= 11 is 0. The van der Waals surface area contributed by atoms with Gasteiger partial charge in [0.2, 0.25) is 11.8 Å². The Kier molecular flexibility index (Phi) is 5.42. The van der Waals surface area contributed by atoms with Gasteiger partial charge >= 0.3 is 0 Å². The Hall–Kier alpha value is -0.806. The minimum atomic E-state index is 0. The van der Waals surface area contributed by atoms with Crippen LogP contribution in [-0.2, 0) is 37.5 Å². The van der Waals surface area contributed by atoms with Gasteiger partial charge in [0.25, 0.3) is 0 Å². The van der Waals surface area contributed by atoms with Gasteiger partial charge < -0.3 is 0 Å². The predicted molar refractivity (Wildman–Crippen MR) is 44.1 cm³/mol. The number of aryl methyl sites for hydroxylation is 1. The summed E-state index contributed by atoms with van der Waals surface area (Å²) in [5, 5.41) is 0. The Morgan fingerprint density at radius 1 is 1.62 bits per heavy atom. The zero-order valence-electron chi connectivity index (χ0n) is 7.03. The first-order valence-corrected chi connectivity index (χ1v) is 3.26. The van der Waals surface area contributed by atoms with Crippen molar-refractivity contribution in [2.75, 3.05) is 0 Å². The summed E-state index contributed by atoms with van der Waals surface area (Å²) < 4.78 is 0. The van der Waals surface area contributed by atoms with Crippen molar-refractivity contribution in [1.29, 1.82) is 0 Å². The van der Waals surface area contributed by atoms with Crippen molar-refractivity contribution in [3.63, 3.8) is 0 Å². The summed E-state index contributed by atoms with van der Waals surface area (Å²) in [4.78, 5) is 16.5. The van der Waals surface area contributed by atoms with Crippen LogP contribution in [0.5, 0.6) is 0 Å². The maximum atomic E-state index is 9.87. The minimum Gasteiger partial charge on any atom is -0.211 e. The molecule has 0 atom stereocenters. The van der Waals surface area contributed by atoms with E-state index >= 15 is 0 Å². The zero-order chi connectivity index (χ0) is 8.97. The van der Waals surface area contributed by atoms with Crippen molar-refractivity contribution < 1.29 is 37.5 Å². The second-order valence-electron chi connectivity index (χ2n) is 2.17. The number of isocyanates is 1. The molecule has 4 heteroatoms. The molecule has 1 radical (unpaired) electrons. The largest absolute Gasteiger partial charge is 0.238 e. The van der Waals surface area contributed by atoms with E-state index in [-0.39, 0.29) is 32.7 Å². The third-order valence-electron chi connectivity index (χ3n) is 1.39. The fourth-order valence-electron chi connectivity index (χ4n) is 0.816. The van der Waals surface area contributed by atoms with Gasteiger partial charge in [0.15, 0.2) is 0 Å². The van der Waals surface area contributed by atoms with Crippen LogP contribution in [0.25, 0.3) is 4.85 Å². The van der Waals surface area contributed by atoms with Crippen LogP contribution in [0.1, 0.15) is 5.56 Å². The second kappa shape index (κ2) is 5.77. The van der Waals surface area contributed by atoms with E-state index < -0.39 is 0 Å². The predicted octanol–water partition coefficient (Wildman–Crippen LogP) is 2.31. The third-order valence-corrected chi connectivity index (χ3v) is 1.39. The van der Waals surface area contributed by atoms with E-state index in [0.717, 1.165) is 0 Å². The van der Waals surface area contributed by atoms with Crippen LogP contribution in [0.3, 0.4) is 0 Å². The molecule has 0 unspecified atom stereocenters. The number of nitrogens with zero attached hydrogens (tertiary/aromatic N) is 2. The number of aliphatic imine (C=N–C) groups is 1. The summed E-state index contributed by atoms with van der Waals surface area (Å²) in [5.41, 5.74) is 1.64. The second-order valence-corrected chi connectivity index (χ2v) is 2.17. The Balaban J connectivity index is 0.00000144. The van der Waals surface area contributed by atoms with Gasteiger partial charge in [0.05, 0.1) is 0 Å². The first-order valence-electron chi connectivity index (χ1n) is 3.26. The molecular weight excluding hydrogens is 241 g/mol. The van der Waals surface area contributed by atoms with Gasteiger partial charge in [-0.15, -0.1) is 12.1 Å². The van der Waals surface area contributed by atoms with Gasteiger partial charge in [0, 0.05) is 32.7 Å². The molecule has 0 fully saturated rings. The smallest absolute Gasteiger partial charge is 0.211 e. The standard InChI is InChI=1S/C9H5N2O.Y/c1-7-5-8(11-6-12)3-4-9(7)10-2;/h3-4H,1H3;/q-1;. The van der Waals surface area contributed by atoms with Gasteiger partial charge in [-0.25, -0.2) is 9.64 Å². The molecule has 0 saturated heterocycles. The molecule has 0 aliphatic heterocycles. The molecule has 0 heterocycles. The quantitative estimate of drug-likeness (QED) is 0.425. The van der Waals surface area contributed by atoms with E-state index in [1.54, 1.807) is 19.1 Å². The molecule has 1 aromatic carbocycles. The average Bonchev–Trinajstić information content (AvgIpc) is 2.05. The molecule has 0 spiro atoms. The molecule has 0 N–H and O–H groups in total. The van der Waals surface area contributed by atoms with Crippen LogP contribution in [0.2, 0.25) is 0 Å². The van der Waals surface area contributed by atoms with E-state index in [1.807, 2.05) is 0 Å². The molecule has 61 valence electrons. The SMILES string of the molecule is [C-]#[N+]c1ccc(N=C=O)[c-]c1C.[Y]. The monoisotopic (exact) mass is 246 g/mol. The minimum absolute atomic E-state index is 0. The van der Waals surface area contributed by atoms with E-state index in [9.17, 15) is 4.79 Å². The maximum absolute atomic E-state index is 9.87. The topological polar surface area (TPSA) is 33.8 Å². The fraction of sp³-hybridized carbons (Fsp3) is 0.111. The van der Waals surface area contributed by atoms with E-state index in [1.165, 1.54) is 6.08 Å². The van der Waals surface area contributed by atoms with E-state index in [0.29, 0.717) is 16.9 Å². The number of rotatable bonds is 1. The summed E-state index contributed by atoms with van der Waals surface area (Å²) in [6, 6.07) is 5.95. The normalized spacial score (nSPS) is 7.69. The van der Waals surface area contributed by atoms with Crippen molar-refractivity contribution in [2.24, 2.45) is 4.99 Å². The molecule has 0 amide bonds. The summed E-state index contributed by atoms with van der Waals surface area (Å²) in [5.74, 6) is 0. The fourth-order valence-corrected chi connectivity index (χ4v) is 0.816. The maximum Gasteiger partial charge on any atom is 0.238 e. The van der Waals surface area contributed by atoms with Crippen molar-refractivity contribution in [3.8, 4) is 0 Å². The Morgan fingerprint density at radius 3 is 2.77 bits per heavy atom. The zero-order valence-corrected chi connectivity index (χ0v) is 9.87. The number of hydrogen-bond acceptors (Lipinski definition) is 2. The molecule has 0 saturated carbocycles.